The van der Waals surface area contributed by atoms with Crippen LogP contribution in [0.2, 0.25) is 0 Å². The highest BCUT2D eigenvalue weighted by atomic mass is 32.2. The molecule has 0 bridgehead atoms. The third kappa shape index (κ3) is 4.11. The van der Waals surface area contributed by atoms with Crippen molar-refractivity contribution in [2.45, 2.75) is 10.9 Å². The smallest absolute Gasteiger partial charge is 0.190 e. The average Bonchev–Trinajstić information content (AvgIpc) is 3.22. The molecule has 29 heavy (non-hydrogen) atoms. The molecule has 1 aliphatic rings. The molecule has 0 saturated carbocycles. The maximum Gasteiger partial charge on any atom is 0.190 e. The Morgan fingerprint density at radius 3 is 2.55 bits per heavy atom. The zero-order chi connectivity index (χ0) is 19.5. The minimum Gasteiger partial charge on any atom is -0.378 e. The first-order chi connectivity index (χ1) is 14.3. The fourth-order valence-electron chi connectivity index (χ4n) is 3.40. The molecule has 5 rings (SSSR count). The normalized spacial score (nSPS) is 14.4. The van der Waals surface area contributed by atoms with E-state index in [1.54, 1.807) is 11.8 Å². The Labute approximate surface area is 173 Å². The number of H-pyrrole nitrogens is 1. The standard InChI is InChI=1S/C22H21N5OS/c1-2-6-16(7-3-1)19-14-21(27-10-12-28-13-11-27)26-22(25-19)29-15-20-23-17-8-4-5-9-18(17)24-20/h1-9,14H,10-13,15H2,(H,23,24). The van der Waals surface area contributed by atoms with E-state index in [2.05, 4.69) is 33.1 Å². The molecule has 4 aromatic rings. The van der Waals surface area contributed by atoms with E-state index in [1.165, 1.54) is 0 Å². The highest BCUT2D eigenvalue weighted by molar-refractivity contribution is 7.98. The molecule has 0 amide bonds. The van der Waals surface area contributed by atoms with E-state index >= 15 is 0 Å². The molecule has 2 aromatic carbocycles. The summed E-state index contributed by atoms with van der Waals surface area (Å²) in [5.74, 6) is 2.57. The van der Waals surface area contributed by atoms with Crippen molar-refractivity contribution >= 4 is 28.6 Å². The number of nitrogens with zero attached hydrogens (tertiary/aromatic N) is 4. The number of rotatable bonds is 5. The maximum atomic E-state index is 5.50. The molecule has 1 aliphatic heterocycles. The average molecular weight is 404 g/mol. The van der Waals surface area contributed by atoms with Crippen LogP contribution < -0.4 is 4.90 Å². The van der Waals surface area contributed by atoms with Gasteiger partial charge >= 0.3 is 0 Å². The van der Waals surface area contributed by atoms with Gasteiger partial charge in [0, 0.05) is 24.7 Å². The van der Waals surface area contributed by atoms with Crippen molar-refractivity contribution in [1.29, 1.82) is 0 Å². The number of para-hydroxylation sites is 2. The van der Waals surface area contributed by atoms with Gasteiger partial charge in [0.2, 0.25) is 0 Å². The number of nitrogens with one attached hydrogen (secondary N) is 1. The second-order valence-corrected chi connectivity index (χ2v) is 7.79. The molecule has 2 aromatic heterocycles. The fourth-order valence-corrected chi connectivity index (χ4v) is 4.12. The molecule has 6 nitrogen and oxygen atoms in total. The first-order valence-corrected chi connectivity index (χ1v) is 10.7. The Morgan fingerprint density at radius 1 is 0.931 bits per heavy atom. The summed E-state index contributed by atoms with van der Waals surface area (Å²) in [5, 5.41) is 0.758. The zero-order valence-electron chi connectivity index (χ0n) is 15.9. The van der Waals surface area contributed by atoms with Gasteiger partial charge < -0.3 is 14.6 Å². The Bertz CT molecular complexity index is 1080. The number of thioether (sulfide) groups is 1. The van der Waals surface area contributed by atoms with Gasteiger partial charge in [0.1, 0.15) is 11.6 Å². The van der Waals surface area contributed by atoms with Crippen molar-refractivity contribution in [2.75, 3.05) is 31.2 Å². The number of imidazole rings is 1. The van der Waals surface area contributed by atoms with Crippen LogP contribution in [0.1, 0.15) is 5.82 Å². The number of hydrogen-bond donors (Lipinski definition) is 1. The molecule has 0 aliphatic carbocycles. The van der Waals surface area contributed by atoms with Crippen LogP contribution >= 0.6 is 11.8 Å². The van der Waals surface area contributed by atoms with Crippen LogP contribution in [0.3, 0.4) is 0 Å². The summed E-state index contributed by atoms with van der Waals surface area (Å²) in [6, 6.07) is 20.4. The molecular weight excluding hydrogens is 382 g/mol. The number of ether oxygens (including phenoxy) is 1. The summed E-state index contributed by atoms with van der Waals surface area (Å²) in [6.45, 7) is 3.15. The summed E-state index contributed by atoms with van der Waals surface area (Å²) in [4.78, 5) is 20.0. The topological polar surface area (TPSA) is 66.9 Å². The van der Waals surface area contributed by atoms with Crippen LogP contribution in [0.25, 0.3) is 22.3 Å². The molecule has 0 spiro atoms. The minimum atomic E-state index is 0.690. The van der Waals surface area contributed by atoms with E-state index in [0.717, 1.165) is 65.4 Å². The van der Waals surface area contributed by atoms with Gasteiger partial charge in [-0.15, -0.1) is 0 Å². The van der Waals surface area contributed by atoms with E-state index in [1.807, 2.05) is 42.5 Å². The quantitative estimate of drug-likeness (QED) is 0.399. The summed E-state index contributed by atoms with van der Waals surface area (Å²) in [5.41, 5.74) is 4.07. The number of aromatic nitrogens is 4. The van der Waals surface area contributed by atoms with Crippen molar-refractivity contribution in [2.24, 2.45) is 0 Å². The molecule has 1 fully saturated rings. The third-order valence-corrected chi connectivity index (χ3v) is 5.73. The summed E-state index contributed by atoms with van der Waals surface area (Å²) in [7, 11) is 0. The van der Waals surface area contributed by atoms with Crippen LogP contribution in [0.15, 0.2) is 65.8 Å². The molecule has 7 heteroatoms. The van der Waals surface area contributed by atoms with Gasteiger partial charge in [0.25, 0.3) is 0 Å². The molecule has 146 valence electrons. The monoisotopic (exact) mass is 403 g/mol. The number of benzene rings is 2. The van der Waals surface area contributed by atoms with Crippen molar-refractivity contribution in [3.8, 4) is 11.3 Å². The molecular formula is C22H21N5OS. The van der Waals surface area contributed by atoms with E-state index < -0.39 is 0 Å². The first-order valence-electron chi connectivity index (χ1n) is 9.69. The molecule has 0 unspecified atom stereocenters. The summed E-state index contributed by atoms with van der Waals surface area (Å²) in [6.07, 6.45) is 0. The molecule has 1 saturated heterocycles. The van der Waals surface area contributed by atoms with Gasteiger partial charge in [-0.25, -0.2) is 15.0 Å². The van der Waals surface area contributed by atoms with Gasteiger partial charge in [0.05, 0.1) is 35.7 Å². The largest absolute Gasteiger partial charge is 0.378 e. The minimum absolute atomic E-state index is 0.690. The second-order valence-electron chi connectivity index (χ2n) is 6.85. The number of anilines is 1. The van der Waals surface area contributed by atoms with Crippen LogP contribution in [0.5, 0.6) is 0 Å². The number of hydrogen-bond acceptors (Lipinski definition) is 6. The van der Waals surface area contributed by atoms with Crippen molar-refractivity contribution < 1.29 is 4.74 Å². The second kappa shape index (κ2) is 8.23. The van der Waals surface area contributed by atoms with Gasteiger partial charge in [-0.2, -0.15) is 0 Å². The van der Waals surface area contributed by atoms with Crippen LogP contribution in [0, 0.1) is 0 Å². The van der Waals surface area contributed by atoms with E-state index in [9.17, 15) is 0 Å². The Hall–Kier alpha value is -2.90. The highest BCUT2D eigenvalue weighted by Crippen LogP contribution is 2.27. The predicted octanol–water partition coefficient (Wildman–Crippen LogP) is 4.15. The lowest BCUT2D eigenvalue weighted by molar-refractivity contribution is 0.122. The molecule has 0 radical (unpaired) electrons. The molecule has 0 atom stereocenters. The summed E-state index contributed by atoms with van der Waals surface area (Å²) >= 11 is 1.60. The SMILES string of the molecule is c1ccc(-c2cc(N3CCOCC3)nc(SCc3nc4ccccc4[nH]3)n2)cc1. The Morgan fingerprint density at radius 2 is 1.72 bits per heavy atom. The summed E-state index contributed by atoms with van der Waals surface area (Å²) < 4.78 is 5.50. The first kappa shape index (κ1) is 18.1. The highest BCUT2D eigenvalue weighted by Gasteiger charge is 2.16. The third-order valence-electron chi connectivity index (χ3n) is 4.87. The van der Waals surface area contributed by atoms with Crippen molar-refractivity contribution in [1.82, 2.24) is 19.9 Å². The maximum absolute atomic E-state index is 5.50. The number of morpholine rings is 1. The van der Waals surface area contributed by atoms with Crippen molar-refractivity contribution in [3.05, 3.63) is 66.5 Å². The molecule has 3 heterocycles. The lowest BCUT2D eigenvalue weighted by Gasteiger charge is -2.28. The van der Waals surface area contributed by atoms with Crippen LogP contribution in [0.4, 0.5) is 5.82 Å². The van der Waals surface area contributed by atoms with Gasteiger partial charge in [-0.3, -0.25) is 0 Å². The van der Waals surface area contributed by atoms with E-state index in [4.69, 9.17) is 14.7 Å². The predicted molar refractivity (Wildman–Crippen MR) is 116 cm³/mol. The number of aromatic amines is 1. The lowest BCUT2D eigenvalue weighted by atomic mass is 10.1. The fraction of sp³-hybridized carbons (Fsp3) is 0.227. The van der Waals surface area contributed by atoms with Crippen LogP contribution in [-0.4, -0.2) is 46.2 Å². The van der Waals surface area contributed by atoms with E-state index in [0.29, 0.717) is 5.75 Å². The Balaban J connectivity index is 1.44. The van der Waals surface area contributed by atoms with Gasteiger partial charge in [-0.05, 0) is 12.1 Å². The van der Waals surface area contributed by atoms with Crippen LogP contribution in [-0.2, 0) is 10.5 Å². The number of fused-ring (bicyclic) bond motifs is 1. The van der Waals surface area contributed by atoms with Gasteiger partial charge in [0.15, 0.2) is 5.16 Å². The van der Waals surface area contributed by atoms with Crippen molar-refractivity contribution in [3.63, 3.8) is 0 Å². The Kier molecular flexibility index (Phi) is 5.15. The lowest BCUT2D eigenvalue weighted by Crippen LogP contribution is -2.36. The zero-order valence-corrected chi connectivity index (χ0v) is 16.7. The molecule has 1 N–H and O–H groups in total. The van der Waals surface area contributed by atoms with E-state index in [-0.39, 0.29) is 0 Å². The van der Waals surface area contributed by atoms with Gasteiger partial charge in [-0.1, -0.05) is 54.2 Å².